The molecule has 0 amide bonds. The number of rotatable bonds is 2. The van der Waals surface area contributed by atoms with Crippen LogP contribution in [-0.2, 0) is 9.53 Å². The normalized spacial score (nSPS) is 33.8. The molecule has 3 fully saturated rings. The Morgan fingerprint density at radius 1 is 1.35 bits per heavy atom. The Bertz CT molecular complexity index is 295. The highest BCUT2D eigenvalue weighted by Gasteiger charge is 2.44. The van der Waals surface area contributed by atoms with E-state index in [0.29, 0.717) is 12.0 Å². The first kappa shape index (κ1) is 12.9. The van der Waals surface area contributed by atoms with Gasteiger partial charge >= 0.3 is 5.97 Å². The number of ether oxygens (including phenoxy) is 1. The van der Waals surface area contributed by atoms with E-state index in [1.54, 1.807) is 0 Å². The smallest absolute Gasteiger partial charge is 0.309 e. The Morgan fingerprint density at radius 3 is 2.53 bits per heavy atom. The fourth-order valence-corrected chi connectivity index (χ4v) is 3.26. The van der Waals surface area contributed by atoms with Gasteiger partial charge in [0.25, 0.3) is 0 Å². The van der Waals surface area contributed by atoms with Gasteiger partial charge in [-0.2, -0.15) is 0 Å². The van der Waals surface area contributed by atoms with Gasteiger partial charge in [-0.25, -0.2) is 0 Å². The summed E-state index contributed by atoms with van der Waals surface area (Å²) in [5, 5.41) is 0. The maximum Gasteiger partial charge on any atom is 0.309 e. The number of nitrogens with zero attached hydrogens (tertiary/aromatic N) is 1. The zero-order chi connectivity index (χ0) is 12.6. The van der Waals surface area contributed by atoms with Crippen LogP contribution in [-0.4, -0.2) is 35.6 Å². The monoisotopic (exact) mass is 239 g/mol. The summed E-state index contributed by atoms with van der Waals surface area (Å²) in [6.45, 7) is 10.3. The first-order valence-electron chi connectivity index (χ1n) is 6.87. The molecular formula is C14H25NO2. The van der Waals surface area contributed by atoms with Gasteiger partial charge in [0, 0.05) is 12.6 Å². The van der Waals surface area contributed by atoms with Crippen LogP contribution in [0.25, 0.3) is 0 Å². The van der Waals surface area contributed by atoms with Crippen molar-refractivity contribution in [2.75, 3.05) is 13.1 Å². The third kappa shape index (κ3) is 2.82. The summed E-state index contributed by atoms with van der Waals surface area (Å²) < 4.78 is 5.54. The average molecular weight is 239 g/mol. The van der Waals surface area contributed by atoms with Crippen LogP contribution in [0.3, 0.4) is 0 Å². The number of carbonyl (C=O) groups excluding carboxylic acids is 1. The Balaban J connectivity index is 1.98. The van der Waals surface area contributed by atoms with E-state index < -0.39 is 0 Å². The van der Waals surface area contributed by atoms with Gasteiger partial charge < -0.3 is 9.64 Å². The second-order valence-electron chi connectivity index (χ2n) is 6.45. The molecule has 0 radical (unpaired) electrons. The molecule has 3 nitrogen and oxygen atoms in total. The third-order valence-corrected chi connectivity index (χ3v) is 4.07. The van der Waals surface area contributed by atoms with Gasteiger partial charge in [0.1, 0.15) is 5.60 Å². The molecule has 0 spiro atoms. The van der Waals surface area contributed by atoms with E-state index in [1.165, 1.54) is 12.8 Å². The zero-order valence-corrected chi connectivity index (χ0v) is 11.5. The van der Waals surface area contributed by atoms with Gasteiger partial charge in [0.05, 0.1) is 5.92 Å². The average Bonchev–Trinajstić information content (AvgIpc) is 2.27. The van der Waals surface area contributed by atoms with Crippen molar-refractivity contribution in [3.05, 3.63) is 0 Å². The predicted octanol–water partition coefficient (Wildman–Crippen LogP) is 2.45. The molecule has 17 heavy (non-hydrogen) atoms. The largest absolute Gasteiger partial charge is 0.460 e. The standard InChI is InChI=1S/C14H25NO2/c1-5-15-9-10-6-7-11(15)8-12(10)13(16)17-14(2,3)4/h10-12H,5-9H2,1-4H3. The van der Waals surface area contributed by atoms with Crippen LogP contribution in [0.4, 0.5) is 0 Å². The molecule has 2 aliphatic heterocycles. The van der Waals surface area contributed by atoms with Gasteiger partial charge in [-0.05, 0) is 52.5 Å². The second kappa shape index (κ2) is 4.60. The van der Waals surface area contributed by atoms with E-state index in [9.17, 15) is 4.79 Å². The molecule has 0 aromatic rings. The van der Waals surface area contributed by atoms with Crippen molar-refractivity contribution >= 4 is 5.97 Å². The van der Waals surface area contributed by atoms with E-state index in [2.05, 4.69) is 11.8 Å². The summed E-state index contributed by atoms with van der Waals surface area (Å²) in [6, 6.07) is 0.613. The molecule has 3 aliphatic rings. The molecule has 2 bridgehead atoms. The van der Waals surface area contributed by atoms with E-state index >= 15 is 0 Å². The van der Waals surface area contributed by atoms with Gasteiger partial charge in [0.15, 0.2) is 0 Å². The molecule has 3 atom stereocenters. The highest BCUT2D eigenvalue weighted by atomic mass is 16.6. The highest BCUT2D eigenvalue weighted by Crippen LogP contribution is 2.40. The fraction of sp³-hybridized carbons (Fsp3) is 0.929. The lowest BCUT2D eigenvalue weighted by molar-refractivity contribution is -0.167. The van der Waals surface area contributed by atoms with Crippen LogP contribution in [0.5, 0.6) is 0 Å². The molecule has 3 unspecified atom stereocenters. The summed E-state index contributed by atoms with van der Waals surface area (Å²) in [7, 11) is 0. The summed E-state index contributed by atoms with van der Waals surface area (Å²) in [6.07, 6.45) is 3.47. The Labute approximate surface area is 105 Å². The molecule has 3 rings (SSSR count). The number of fused-ring (bicyclic) bond motifs is 3. The highest BCUT2D eigenvalue weighted by molar-refractivity contribution is 5.73. The van der Waals surface area contributed by atoms with Crippen LogP contribution in [0, 0.1) is 11.8 Å². The molecule has 2 heterocycles. The SMILES string of the molecule is CCN1CC2CCC1CC2C(=O)OC(C)(C)C. The molecule has 1 aliphatic carbocycles. The van der Waals surface area contributed by atoms with Crippen LogP contribution >= 0.6 is 0 Å². The Hall–Kier alpha value is -0.570. The number of carbonyl (C=O) groups is 1. The van der Waals surface area contributed by atoms with Gasteiger partial charge in [-0.3, -0.25) is 4.79 Å². The van der Waals surface area contributed by atoms with Crippen molar-refractivity contribution < 1.29 is 9.53 Å². The van der Waals surface area contributed by atoms with Crippen molar-refractivity contribution in [1.29, 1.82) is 0 Å². The first-order valence-corrected chi connectivity index (χ1v) is 6.87. The molecular weight excluding hydrogens is 214 g/mol. The van der Waals surface area contributed by atoms with Crippen molar-refractivity contribution in [2.45, 2.75) is 58.6 Å². The predicted molar refractivity (Wildman–Crippen MR) is 67.7 cm³/mol. The number of esters is 1. The minimum atomic E-state index is -0.349. The Morgan fingerprint density at radius 2 is 2.06 bits per heavy atom. The molecule has 0 aromatic heterocycles. The van der Waals surface area contributed by atoms with Crippen molar-refractivity contribution in [3.63, 3.8) is 0 Å². The Kier molecular flexibility index (Phi) is 3.48. The lowest BCUT2D eigenvalue weighted by Crippen LogP contribution is -2.54. The fourth-order valence-electron chi connectivity index (χ4n) is 3.26. The van der Waals surface area contributed by atoms with Crippen molar-refractivity contribution in [3.8, 4) is 0 Å². The lowest BCUT2D eigenvalue weighted by atomic mass is 9.72. The van der Waals surface area contributed by atoms with E-state index in [-0.39, 0.29) is 17.5 Å². The summed E-state index contributed by atoms with van der Waals surface area (Å²) in [4.78, 5) is 14.7. The summed E-state index contributed by atoms with van der Waals surface area (Å²) >= 11 is 0. The molecule has 2 saturated heterocycles. The summed E-state index contributed by atoms with van der Waals surface area (Å²) in [5.41, 5.74) is -0.349. The van der Waals surface area contributed by atoms with Gasteiger partial charge in [0.2, 0.25) is 0 Å². The van der Waals surface area contributed by atoms with Gasteiger partial charge in [-0.15, -0.1) is 0 Å². The number of hydrogen-bond donors (Lipinski definition) is 0. The van der Waals surface area contributed by atoms with Crippen molar-refractivity contribution in [1.82, 2.24) is 4.90 Å². The minimum Gasteiger partial charge on any atom is -0.460 e. The van der Waals surface area contributed by atoms with Crippen LogP contribution in [0.2, 0.25) is 0 Å². The van der Waals surface area contributed by atoms with E-state index in [0.717, 1.165) is 19.5 Å². The quantitative estimate of drug-likeness (QED) is 0.693. The van der Waals surface area contributed by atoms with E-state index in [1.807, 2.05) is 20.8 Å². The van der Waals surface area contributed by atoms with Crippen LogP contribution in [0.15, 0.2) is 0 Å². The number of hydrogen-bond acceptors (Lipinski definition) is 3. The first-order chi connectivity index (χ1) is 7.90. The van der Waals surface area contributed by atoms with Crippen molar-refractivity contribution in [2.24, 2.45) is 11.8 Å². The van der Waals surface area contributed by atoms with Gasteiger partial charge in [-0.1, -0.05) is 6.92 Å². The topological polar surface area (TPSA) is 29.5 Å². The molecule has 1 saturated carbocycles. The van der Waals surface area contributed by atoms with Crippen LogP contribution < -0.4 is 0 Å². The number of piperidine rings is 2. The second-order valence-corrected chi connectivity index (χ2v) is 6.45. The molecule has 3 heteroatoms. The molecule has 98 valence electrons. The molecule has 0 N–H and O–H groups in total. The molecule has 0 aromatic carbocycles. The van der Waals surface area contributed by atoms with E-state index in [4.69, 9.17) is 4.74 Å². The maximum absolute atomic E-state index is 12.2. The summed E-state index contributed by atoms with van der Waals surface area (Å²) in [5.74, 6) is 0.702. The third-order valence-electron chi connectivity index (χ3n) is 4.07. The maximum atomic E-state index is 12.2. The van der Waals surface area contributed by atoms with Crippen LogP contribution in [0.1, 0.15) is 47.0 Å². The lowest BCUT2D eigenvalue weighted by Gasteiger charge is -2.48. The zero-order valence-electron chi connectivity index (χ0n) is 11.5. The minimum absolute atomic E-state index is 0.0305.